The number of rotatable bonds is 28. The Labute approximate surface area is 381 Å². The summed E-state index contributed by atoms with van der Waals surface area (Å²) in [4.78, 5) is 0. The van der Waals surface area contributed by atoms with Crippen LogP contribution in [0.25, 0.3) is 0 Å². The van der Waals surface area contributed by atoms with Gasteiger partial charge in [0, 0.05) is 49.9 Å². The van der Waals surface area contributed by atoms with Crippen molar-refractivity contribution >= 4 is 20.0 Å². The second-order valence-corrected chi connectivity index (χ2v) is 20.9. The Morgan fingerprint density at radius 3 is 0.929 bits per heavy atom. The van der Waals surface area contributed by atoms with Gasteiger partial charge in [-0.1, -0.05) is 18.2 Å². The molecule has 70 heavy (non-hydrogen) atoms. The molecule has 0 aliphatic rings. The molecule has 0 saturated carbocycles. The molecule has 0 spiro atoms. The van der Waals surface area contributed by atoms with Crippen molar-refractivity contribution in [1.82, 2.24) is 9.44 Å². The van der Waals surface area contributed by atoms with Gasteiger partial charge in [0.2, 0.25) is 20.0 Å². The van der Waals surface area contributed by atoms with E-state index in [4.69, 9.17) is 0 Å². The van der Waals surface area contributed by atoms with Gasteiger partial charge in [-0.25, -0.2) is 26.3 Å². The zero-order valence-electron chi connectivity index (χ0n) is 36.0. The number of nitrogens with one attached hydrogen (secondary N) is 2. The van der Waals surface area contributed by atoms with Crippen LogP contribution in [-0.2, 0) is 33.1 Å². The molecule has 1 aromatic carbocycles. The average Bonchev–Trinajstić information content (AvgIpc) is 3.15. The second-order valence-electron chi connectivity index (χ2n) is 17.1. The molecule has 1 rings (SSSR count). The molecule has 2 N–H and O–H groups in total. The highest BCUT2D eigenvalue weighted by atomic mass is 32.2. The van der Waals surface area contributed by atoms with Crippen molar-refractivity contribution in [2.24, 2.45) is 0 Å². The molecule has 0 aliphatic heterocycles. The van der Waals surface area contributed by atoms with Crippen LogP contribution in [0.5, 0.6) is 0 Å². The number of alkyl halides is 26. The van der Waals surface area contributed by atoms with Crippen LogP contribution < -0.4 is 9.44 Å². The molecule has 0 fully saturated rings. The van der Waals surface area contributed by atoms with Crippen molar-refractivity contribution in [2.75, 3.05) is 65.9 Å². The first-order valence-electron chi connectivity index (χ1n) is 19.1. The zero-order chi connectivity index (χ0) is 55.9. The van der Waals surface area contributed by atoms with Crippen LogP contribution in [0.2, 0.25) is 0 Å². The van der Waals surface area contributed by atoms with E-state index in [9.17, 15) is 131 Å². The fraction of sp³-hybridized carbons (Fsp3) is 0.824. The second kappa shape index (κ2) is 20.5. The highest BCUT2D eigenvalue weighted by Gasteiger charge is 2.92. The summed E-state index contributed by atoms with van der Waals surface area (Å²) in [5, 5.41) is 0. The SMILES string of the molecule is C[N+](C)(CCCNS(=O)(=O)CCC(F)(F)C(F)(F)C(F)(F)C(F)(F)C(F)(F)C(F)(F)F)Cc1cccc(C[N+](C)(C)CCCNS(=O)(=O)CCC(F)(F)C(F)(F)C(F)(F)C(F)(F)C(F)(F)C(F)(F)F)c1. The molecule has 0 heterocycles. The molecule has 0 aliphatic carbocycles. The molecule has 414 valence electrons. The Morgan fingerprint density at radius 1 is 0.414 bits per heavy atom. The van der Waals surface area contributed by atoms with Crippen molar-refractivity contribution in [3.63, 3.8) is 0 Å². The minimum atomic E-state index is -8.15. The van der Waals surface area contributed by atoms with E-state index in [0.29, 0.717) is 11.1 Å². The van der Waals surface area contributed by atoms with Gasteiger partial charge in [-0.3, -0.25) is 0 Å². The number of quaternary nitrogens is 2. The van der Waals surface area contributed by atoms with Crippen LogP contribution >= 0.6 is 0 Å². The maximum atomic E-state index is 14.1. The highest BCUT2D eigenvalue weighted by molar-refractivity contribution is 7.89. The Bertz CT molecular complexity index is 2000. The highest BCUT2D eigenvalue weighted by Crippen LogP contribution is 2.62. The third-order valence-corrected chi connectivity index (χ3v) is 12.9. The molecule has 0 saturated heterocycles. The lowest BCUT2D eigenvalue weighted by Crippen LogP contribution is -2.70. The van der Waals surface area contributed by atoms with E-state index in [1.165, 1.54) is 0 Å². The van der Waals surface area contributed by atoms with E-state index in [1.54, 1.807) is 61.9 Å². The van der Waals surface area contributed by atoms with Crippen LogP contribution in [0.15, 0.2) is 24.3 Å². The minimum Gasteiger partial charge on any atom is -0.325 e. The van der Waals surface area contributed by atoms with Gasteiger partial charge < -0.3 is 8.97 Å². The molecule has 0 radical (unpaired) electrons. The molecule has 8 nitrogen and oxygen atoms in total. The monoisotopic (exact) mass is 1130 g/mol. The number of nitrogens with zero attached hydrogens (tertiary/aromatic N) is 2. The third-order valence-electron chi connectivity index (χ3n) is 10.1. The summed E-state index contributed by atoms with van der Waals surface area (Å²) in [6.45, 7) is -0.989. The lowest BCUT2D eigenvalue weighted by molar-refractivity contribution is -0.904. The maximum Gasteiger partial charge on any atom is 0.460 e. The van der Waals surface area contributed by atoms with Crippen molar-refractivity contribution in [3.05, 3.63) is 35.4 Å². The summed E-state index contributed by atoms with van der Waals surface area (Å²) in [5.41, 5.74) is 1.18. The van der Waals surface area contributed by atoms with E-state index < -0.39 is 129 Å². The first-order valence-corrected chi connectivity index (χ1v) is 22.4. The van der Waals surface area contributed by atoms with Gasteiger partial charge in [0.15, 0.2) is 0 Å². The normalized spacial score (nSPS) is 15.7. The lowest BCUT2D eigenvalue weighted by Gasteiger charge is -2.39. The van der Waals surface area contributed by atoms with Crippen molar-refractivity contribution < 1.29 is 140 Å². The van der Waals surface area contributed by atoms with E-state index in [2.05, 4.69) is 0 Å². The summed E-state index contributed by atoms with van der Waals surface area (Å²) in [5.74, 6) is -81.4. The van der Waals surface area contributed by atoms with Crippen LogP contribution in [0.1, 0.15) is 36.8 Å². The molecule has 0 amide bonds. The fourth-order valence-electron chi connectivity index (χ4n) is 6.03. The zero-order valence-corrected chi connectivity index (χ0v) is 37.6. The molecule has 1 aromatic rings. The fourth-order valence-corrected chi connectivity index (χ4v) is 8.28. The van der Waals surface area contributed by atoms with Crippen molar-refractivity contribution in [1.29, 1.82) is 0 Å². The standard InChI is InChI=1S/C34H42F26N4O4S2/c1-63(2,14-6-12-61-69(65,66)16-10-23(35,36)25(39,40)27(43,44)29(47,48)31(51,52)33(55,56)57)19-21-8-5-9-22(18-21)20-64(3,4)15-7-13-62-70(67,68)17-11-24(37,38)26(41,42)28(45,46)30(49,50)32(53,54)34(58,59)60/h5,8-9,18,61-62H,6-7,10-17,19-20H2,1-4H3/q+2. The number of hydrogen-bond donors (Lipinski definition) is 2. The molecule has 0 atom stereocenters. The average molecular weight is 1130 g/mol. The minimum absolute atomic E-state index is 0.00615. The number of hydrogen-bond acceptors (Lipinski definition) is 4. The van der Waals surface area contributed by atoms with Gasteiger partial charge in [-0.2, -0.15) is 114 Å². The Hall–Kier alpha value is -2.86. The molecular formula is C34H42F26N4O4S2+2. The van der Waals surface area contributed by atoms with E-state index in [1.807, 2.05) is 0 Å². The molecule has 36 heteroatoms. The van der Waals surface area contributed by atoms with Gasteiger partial charge in [0.1, 0.15) is 13.1 Å². The van der Waals surface area contributed by atoms with Crippen LogP contribution in [-0.4, -0.2) is 163 Å². The first kappa shape index (κ1) is 65.2. The largest absolute Gasteiger partial charge is 0.460 e. The number of halogens is 26. The van der Waals surface area contributed by atoms with Crippen LogP contribution in [0.4, 0.5) is 114 Å². The Balaban J connectivity index is 2.82. The molecule has 0 bridgehead atoms. The summed E-state index contributed by atoms with van der Waals surface area (Å²) < 4.78 is 398. The summed E-state index contributed by atoms with van der Waals surface area (Å²) in [7, 11) is -4.03. The van der Waals surface area contributed by atoms with Gasteiger partial charge in [-0.05, 0) is 6.07 Å². The predicted molar refractivity (Wildman–Crippen MR) is 191 cm³/mol. The Morgan fingerprint density at radius 2 is 0.671 bits per heavy atom. The van der Waals surface area contributed by atoms with Gasteiger partial charge in [0.25, 0.3) is 0 Å². The van der Waals surface area contributed by atoms with Gasteiger partial charge >= 0.3 is 71.6 Å². The van der Waals surface area contributed by atoms with E-state index in [-0.39, 0.29) is 48.0 Å². The van der Waals surface area contributed by atoms with Crippen molar-refractivity contribution in [2.45, 2.75) is 110 Å². The van der Waals surface area contributed by atoms with E-state index in [0.717, 1.165) is 0 Å². The van der Waals surface area contributed by atoms with Gasteiger partial charge in [0.05, 0.1) is 52.8 Å². The predicted octanol–water partition coefficient (Wildman–Crippen LogP) is 9.72. The maximum absolute atomic E-state index is 14.1. The van der Waals surface area contributed by atoms with Crippen LogP contribution in [0.3, 0.4) is 0 Å². The summed E-state index contributed by atoms with van der Waals surface area (Å²) >= 11 is 0. The van der Waals surface area contributed by atoms with Crippen LogP contribution in [0, 0.1) is 0 Å². The molecule has 0 aromatic heterocycles. The summed E-state index contributed by atoms with van der Waals surface area (Å²) in [6, 6.07) is 6.41. The molecule has 0 unspecified atom stereocenters. The number of sulfonamides is 2. The molecular weight excluding hydrogens is 1090 g/mol. The van der Waals surface area contributed by atoms with Gasteiger partial charge in [-0.15, -0.1) is 0 Å². The number of benzene rings is 1. The topological polar surface area (TPSA) is 92.3 Å². The quantitative estimate of drug-likeness (QED) is 0.0497. The smallest absolute Gasteiger partial charge is 0.325 e. The lowest BCUT2D eigenvalue weighted by atomic mass is 9.93. The van der Waals surface area contributed by atoms with E-state index >= 15 is 0 Å². The Kier molecular flexibility index (Phi) is 19.0. The first-order chi connectivity index (χ1) is 30.5. The summed E-state index contributed by atoms with van der Waals surface area (Å²) in [6.07, 6.45) is -21.5. The van der Waals surface area contributed by atoms with Crippen molar-refractivity contribution in [3.8, 4) is 0 Å². The third kappa shape index (κ3) is 13.8.